The smallest absolute Gasteiger partial charge is 0.245 e. The lowest BCUT2D eigenvalue weighted by Gasteiger charge is -2.26. The van der Waals surface area contributed by atoms with E-state index >= 15 is 0 Å². The molecule has 6 heteroatoms. The molecule has 1 unspecified atom stereocenters. The monoisotopic (exact) mass is 366 g/mol. The summed E-state index contributed by atoms with van der Waals surface area (Å²) in [4.78, 5) is 21.6. The number of nitrogens with zero attached hydrogens (tertiary/aromatic N) is 4. The normalized spacial score (nSPS) is 16.4. The summed E-state index contributed by atoms with van der Waals surface area (Å²) in [5.41, 5.74) is 2.87. The zero-order valence-electron chi connectivity index (χ0n) is 15.4. The third kappa shape index (κ3) is 3.52. The number of aromatic nitrogens is 2. The average molecular weight is 366 g/mol. The average Bonchev–Trinajstić information content (AvgIpc) is 2.97. The van der Waals surface area contributed by atoms with E-state index in [9.17, 15) is 9.18 Å². The van der Waals surface area contributed by atoms with E-state index in [1.165, 1.54) is 12.1 Å². The van der Waals surface area contributed by atoms with Gasteiger partial charge in [0.2, 0.25) is 5.91 Å². The number of rotatable bonds is 3. The molecule has 2 heterocycles. The lowest BCUT2D eigenvalue weighted by Crippen LogP contribution is -2.39. The van der Waals surface area contributed by atoms with Crippen molar-refractivity contribution in [1.29, 1.82) is 0 Å². The van der Waals surface area contributed by atoms with Gasteiger partial charge in [-0.1, -0.05) is 12.1 Å². The van der Waals surface area contributed by atoms with Gasteiger partial charge in [-0.25, -0.2) is 9.37 Å². The van der Waals surface area contributed by atoms with Crippen molar-refractivity contribution in [3.8, 4) is 0 Å². The predicted molar refractivity (Wildman–Crippen MR) is 104 cm³/mol. The van der Waals surface area contributed by atoms with Gasteiger partial charge in [0, 0.05) is 31.9 Å². The van der Waals surface area contributed by atoms with Crippen LogP contribution in [0.1, 0.15) is 19.4 Å². The van der Waals surface area contributed by atoms with Crippen molar-refractivity contribution in [2.75, 3.05) is 31.1 Å². The lowest BCUT2D eigenvalue weighted by atomic mass is 10.2. The van der Waals surface area contributed by atoms with E-state index in [1.54, 1.807) is 18.5 Å². The summed E-state index contributed by atoms with van der Waals surface area (Å²) >= 11 is 0. The van der Waals surface area contributed by atoms with Crippen molar-refractivity contribution in [3.05, 3.63) is 60.7 Å². The molecule has 3 aromatic rings. The summed E-state index contributed by atoms with van der Waals surface area (Å²) < 4.78 is 15.1. The van der Waals surface area contributed by atoms with Gasteiger partial charge in [0.15, 0.2) is 0 Å². The number of fused-ring (bicyclic) bond motifs is 1. The maximum atomic E-state index is 13.2. The Balaban J connectivity index is 1.47. The molecule has 0 bridgehead atoms. The van der Waals surface area contributed by atoms with E-state index in [2.05, 4.69) is 9.88 Å². The van der Waals surface area contributed by atoms with E-state index in [1.807, 2.05) is 40.7 Å². The molecular formula is C21H23FN4O. The molecule has 5 nitrogen and oxygen atoms in total. The molecule has 140 valence electrons. The summed E-state index contributed by atoms with van der Waals surface area (Å²) in [6.45, 7) is 4.92. The quantitative estimate of drug-likeness (QED) is 0.713. The van der Waals surface area contributed by atoms with Gasteiger partial charge in [-0.2, -0.15) is 0 Å². The number of amides is 1. The number of imidazole rings is 1. The number of hydrogen-bond acceptors (Lipinski definition) is 3. The maximum absolute atomic E-state index is 13.2. The molecule has 1 aromatic heterocycles. The van der Waals surface area contributed by atoms with E-state index in [4.69, 9.17) is 0 Å². The van der Waals surface area contributed by atoms with Gasteiger partial charge in [0.1, 0.15) is 11.9 Å². The number of halogens is 1. The fourth-order valence-electron chi connectivity index (χ4n) is 3.72. The van der Waals surface area contributed by atoms with Crippen molar-refractivity contribution in [3.63, 3.8) is 0 Å². The van der Waals surface area contributed by atoms with E-state index in [0.29, 0.717) is 6.54 Å². The van der Waals surface area contributed by atoms with E-state index in [-0.39, 0.29) is 17.8 Å². The zero-order chi connectivity index (χ0) is 18.8. The second kappa shape index (κ2) is 7.39. The molecule has 0 radical (unpaired) electrons. The van der Waals surface area contributed by atoms with Crippen LogP contribution in [0.15, 0.2) is 54.9 Å². The fraction of sp³-hybridized carbons (Fsp3) is 0.333. The van der Waals surface area contributed by atoms with Crippen LogP contribution >= 0.6 is 0 Å². The summed E-state index contributed by atoms with van der Waals surface area (Å²) in [6, 6.07) is 14.1. The van der Waals surface area contributed by atoms with Gasteiger partial charge in [-0.3, -0.25) is 4.79 Å². The SMILES string of the molecule is CC(C(=O)N1CCCN(c2ccc(F)cc2)CC1)n1cnc2ccccc21. The Labute approximate surface area is 158 Å². The van der Waals surface area contributed by atoms with Crippen molar-refractivity contribution < 1.29 is 9.18 Å². The molecule has 0 aliphatic carbocycles. The van der Waals surface area contributed by atoms with E-state index < -0.39 is 0 Å². The Morgan fingerprint density at radius 2 is 1.81 bits per heavy atom. The Bertz CT molecular complexity index is 937. The van der Waals surface area contributed by atoms with Crippen LogP contribution in [0.4, 0.5) is 10.1 Å². The largest absolute Gasteiger partial charge is 0.370 e. The summed E-state index contributed by atoms with van der Waals surface area (Å²) in [5.74, 6) is -0.120. The molecule has 1 atom stereocenters. The fourth-order valence-corrected chi connectivity index (χ4v) is 3.72. The lowest BCUT2D eigenvalue weighted by molar-refractivity contribution is -0.134. The highest BCUT2D eigenvalue weighted by Gasteiger charge is 2.25. The highest BCUT2D eigenvalue weighted by Crippen LogP contribution is 2.21. The molecule has 0 spiro atoms. The number of anilines is 1. The third-order valence-corrected chi connectivity index (χ3v) is 5.26. The van der Waals surface area contributed by atoms with Crippen molar-refractivity contribution in [1.82, 2.24) is 14.5 Å². The summed E-state index contributed by atoms with van der Waals surface area (Å²) in [7, 11) is 0. The molecule has 1 amide bonds. The number of carbonyl (C=O) groups is 1. The number of hydrogen-bond donors (Lipinski definition) is 0. The van der Waals surface area contributed by atoms with Crippen LogP contribution in [0.25, 0.3) is 11.0 Å². The maximum Gasteiger partial charge on any atom is 0.245 e. The number of benzene rings is 2. The van der Waals surface area contributed by atoms with Crippen LogP contribution in [-0.2, 0) is 4.79 Å². The van der Waals surface area contributed by atoms with Gasteiger partial charge in [-0.05, 0) is 49.7 Å². The van der Waals surface area contributed by atoms with Gasteiger partial charge < -0.3 is 14.4 Å². The van der Waals surface area contributed by atoms with E-state index in [0.717, 1.165) is 42.8 Å². The Hall–Kier alpha value is -2.89. The van der Waals surface area contributed by atoms with Gasteiger partial charge in [0.25, 0.3) is 0 Å². The molecule has 4 rings (SSSR count). The first kappa shape index (κ1) is 17.5. The van der Waals surface area contributed by atoms with Gasteiger partial charge >= 0.3 is 0 Å². The minimum atomic E-state index is -0.297. The van der Waals surface area contributed by atoms with Crippen LogP contribution in [0.2, 0.25) is 0 Å². The summed E-state index contributed by atoms with van der Waals surface area (Å²) in [5, 5.41) is 0. The molecule has 1 fully saturated rings. The number of carbonyl (C=O) groups excluding carboxylic acids is 1. The second-order valence-electron chi connectivity index (χ2n) is 6.96. The second-order valence-corrected chi connectivity index (χ2v) is 6.96. The van der Waals surface area contributed by atoms with Crippen molar-refractivity contribution in [2.24, 2.45) is 0 Å². The van der Waals surface area contributed by atoms with Crippen molar-refractivity contribution in [2.45, 2.75) is 19.4 Å². The van der Waals surface area contributed by atoms with Crippen LogP contribution in [0.3, 0.4) is 0 Å². The Morgan fingerprint density at radius 3 is 2.63 bits per heavy atom. The van der Waals surface area contributed by atoms with Crippen LogP contribution in [0.5, 0.6) is 0 Å². The molecule has 1 aliphatic rings. The molecule has 2 aromatic carbocycles. The summed E-state index contributed by atoms with van der Waals surface area (Å²) in [6.07, 6.45) is 2.64. The van der Waals surface area contributed by atoms with Crippen LogP contribution < -0.4 is 4.90 Å². The van der Waals surface area contributed by atoms with Crippen molar-refractivity contribution >= 4 is 22.6 Å². The highest BCUT2D eigenvalue weighted by atomic mass is 19.1. The zero-order valence-corrected chi connectivity index (χ0v) is 15.4. The topological polar surface area (TPSA) is 41.4 Å². The first-order valence-electron chi connectivity index (χ1n) is 9.34. The van der Waals surface area contributed by atoms with Crippen LogP contribution in [-0.4, -0.2) is 46.5 Å². The molecule has 27 heavy (non-hydrogen) atoms. The number of para-hydroxylation sites is 2. The highest BCUT2D eigenvalue weighted by molar-refractivity contribution is 5.83. The first-order chi connectivity index (χ1) is 13.1. The Kier molecular flexibility index (Phi) is 4.79. The standard InChI is InChI=1S/C21H23FN4O/c1-16(26-15-23-19-5-2-3-6-20(19)26)21(27)25-12-4-11-24(13-14-25)18-9-7-17(22)8-10-18/h2-3,5-10,15-16H,4,11-14H2,1H3. The Morgan fingerprint density at radius 1 is 1.04 bits per heavy atom. The predicted octanol–water partition coefficient (Wildman–Crippen LogP) is 3.48. The molecule has 0 saturated carbocycles. The first-order valence-corrected chi connectivity index (χ1v) is 9.34. The third-order valence-electron chi connectivity index (χ3n) is 5.26. The van der Waals surface area contributed by atoms with Gasteiger partial charge in [-0.15, -0.1) is 0 Å². The molecule has 0 N–H and O–H groups in total. The van der Waals surface area contributed by atoms with Gasteiger partial charge in [0.05, 0.1) is 17.4 Å². The minimum Gasteiger partial charge on any atom is -0.370 e. The minimum absolute atomic E-state index is 0.110. The molecule has 1 aliphatic heterocycles. The molecular weight excluding hydrogens is 343 g/mol. The van der Waals surface area contributed by atoms with Crippen LogP contribution in [0, 0.1) is 5.82 Å². The molecule has 1 saturated heterocycles.